The summed E-state index contributed by atoms with van der Waals surface area (Å²) in [4.78, 5) is 26.5. The summed E-state index contributed by atoms with van der Waals surface area (Å²) < 4.78 is 3.58. The van der Waals surface area contributed by atoms with E-state index in [1.165, 1.54) is 7.11 Å². The lowest BCUT2D eigenvalue weighted by molar-refractivity contribution is 0.214. The van der Waals surface area contributed by atoms with Gasteiger partial charge >= 0.3 is 5.56 Å². The molecule has 158 valence electrons. The van der Waals surface area contributed by atoms with Crippen LogP contribution in [0.25, 0.3) is 11.2 Å². The predicted molar refractivity (Wildman–Crippen MR) is 122 cm³/mol. The fraction of sp³-hybridized carbons (Fsp3) is 0.182. The van der Waals surface area contributed by atoms with Crippen LogP contribution in [-0.4, -0.2) is 32.4 Å². The van der Waals surface area contributed by atoms with Crippen LogP contribution in [0.1, 0.15) is 11.1 Å². The summed E-state index contributed by atoms with van der Waals surface area (Å²) in [5.74, 6) is 0.391. The van der Waals surface area contributed by atoms with Crippen molar-refractivity contribution in [1.82, 2.24) is 19.1 Å². The molecule has 2 heterocycles. The molecule has 0 radical (unpaired) electrons. The first kappa shape index (κ1) is 20.6. The van der Waals surface area contributed by atoms with Gasteiger partial charge in [-0.05, 0) is 30.2 Å². The molecule has 9 heteroatoms. The highest BCUT2D eigenvalue weighted by molar-refractivity contribution is 6.31. The van der Waals surface area contributed by atoms with Gasteiger partial charge in [-0.2, -0.15) is 4.98 Å². The molecule has 0 atom stereocenters. The van der Waals surface area contributed by atoms with Crippen molar-refractivity contribution < 1.29 is 4.84 Å². The second-order valence-electron chi connectivity index (χ2n) is 6.89. The second kappa shape index (κ2) is 9.01. The Morgan fingerprint density at radius 3 is 2.77 bits per heavy atom. The van der Waals surface area contributed by atoms with Gasteiger partial charge < -0.3 is 14.7 Å². The summed E-state index contributed by atoms with van der Waals surface area (Å²) in [7, 11) is 1.46. The maximum atomic E-state index is 12.9. The van der Waals surface area contributed by atoms with E-state index in [0.29, 0.717) is 35.2 Å². The van der Waals surface area contributed by atoms with Gasteiger partial charge in [0.15, 0.2) is 11.2 Å². The van der Waals surface area contributed by atoms with Crippen molar-refractivity contribution in [1.29, 1.82) is 0 Å². The zero-order chi connectivity index (χ0) is 21.8. The topological polar surface area (TPSA) is 86.3 Å². The van der Waals surface area contributed by atoms with E-state index < -0.39 is 0 Å². The van der Waals surface area contributed by atoms with Crippen LogP contribution in [0.5, 0.6) is 0 Å². The molecule has 0 fully saturated rings. The lowest BCUT2D eigenvalue weighted by Gasteiger charge is -2.16. The summed E-state index contributed by atoms with van der Waals surface area (Å²) in [5.41, 5.74) is 3.22. The van der Waals surface area contributed by atoms with Crippen LogP contribution in [0, 0.1) is 6.92 Å². The second-order valence-corrected chi connectivity index (χ2v) is 7.30. The van der Waals surface area contributed by atoms with E-state index in [9.17, 15) is 4.79 Å². The Labute approximate surface area is 183 Å². The third-order valence-electron chi connectivity index (χ3n) is 4.90. The fourth-order valence-corrected chi connectivity index (χ4v) is 3.48. The van der Waals surface area contributed by atoms with Crippen molar-refractivity contribution in [3.63, 3.8) is 0 Å². The summed E-state index contributed by atoms with van der Waals surface area (Å²) >= 11 is 6.27. The fourth-order valence-electron chi connectivity index (χ4n) is 3.31. The number of hydrogen-bond donors (Lipinski definition) is 1. The van der Waals surface area contributed by atoms with Crippen molar-refractivity contribution in [3.05, 3.63) is 81.4 Å². The van der Waals surface area contributed by atoms with Gasteiger partial charge in [-0.3, -0.25) is 9.36 Å². The van der Waals surface area contributed by atoms with Crippen molar-refractivity contribution >= 4 is 40.6 Å². The SMILES string of the molecule is CO/N=C/Cn1cnc2c1c(=O)nc(Nc1cccc(Cl)c1C)n2Cc1ccccc1. The molecule has 0 spiro atoms. The van der Waals surface area contributed by atoms with Gasteiger partial charge in [0, 0.05) is 10.7 Å². The number of nitrogens with zero attached hydrogens (tertiary/aromatic N) is 5. The van der Waals surface area contributed by atoms with E-state index >= 15 is 0 Å². The molecule has 1 N–H and O–H groups in total. The smallest absolute Gasteiger partial charge is 0.300 e. The molecule has 4 rings (SSSR count). The van der Waals surface area contributed by atoms with Crippen molar-refractivity contribution in [3.8, 4) is 0 Å². The van der Waals surface area contributed by atoms with Gasteiger partial charge in [-0.25, -0.2) is 4.98 Å². The minimum absolute atomic E-state index is 0.340. The quantitative estimate of drug-likeness (QED) is 0.350. The minimum Gasteiger partial charge on any atom is -0.399 e. The number of anilines is 2. The zero-order valence-electron chi connectivity index (χ0n) is 17.1. The lowest BCUT2D eigenvalue weighted by Crippen LogP contribution is -2.20. The van der Waals surface area contributed by atoms with Crippen LogP contribution in [-0.2, 0) is 17.9 Å². The van der Waals surface area contributed by atoms with Crippen LogP contribution in [0.3, 0.4) is 0 Å². The number of benzene rings is 2. The highest BCUT2D eigenvalue weighted by atomic mass is 35.5. The van der Waals surface area contributed by atoms with Crippen molar-refractivity contribution in [2.75, 3.05) is 12.4 Å². The van der Waals surface area contributed by atoms with Gasteiger partial charge in [0.05, 0.1) is 25.6 Å². The number of oxime groups is 1. The third kappa shape index (κ3) is 4.29. The largest absolute Gasteiger partial charge is 0.399 e. The third-order valence-corrected chi connectivity index (χ3v) is 5.31. The minimum atomic E-state index is -0.384. The molecule has 0 aliphatic heterocycles. The van der Waals surface area contributed by atoms with Crippen LogP contribution in [0.15, 0.2) is 64.8 Å². The Morgan fingerprint density at radius 1 is 1.19 bits per heavy atom. The average molecular weight is 437 g/mol. The van der Waals surface area contributed by atoms with Crippen molar-refractivity contribution in [2.24, 2.45) is 5.16 Å². The van der Waals surface area contributed by atoms with Crippen LogP contribution in [0.4, 0.5) is 11.6 Å². The normalized spacial score (nSPS) is 11.3. The van der Waals surface area contributed by atoms with Gasteiger partial charge in [0.25, 0.3) is 0 Å². The lowest BCUT2D eigenvalue weighted by atomic mass is 10.2. The van der Waals surface area contributed by atoms with Crippen molar-refractivity contribution in [2.45, 2.75) is 20.0 Å². The molecule has 2 aromatic heterocycles. The molecular formula is C22H21ClN6O2. The first-order chi connectivity index (χ1) is 15.1. The standard InChI is InChI=1S/C22H21ClN6O2/c1-15-17(23)9-6-10-18(15)26-22-27-21(30)19-20(24-14-28(19)12-11-25-31-2)29(22)13-16-7-4-3-5-8-16/h3-11,14H,12-13H2,1-2H3,(H,26,27,30)/b25-11+. The maximum Gasteiger partial charge on any atom is 0.300 e. The summed E-state index contributed by atoms with van der Waals surface area (Å²) in [6.45, 7) is 2.73. The number of aromatic nitrogens is 4. The molecular weight excluding hydrogens is 416 g/mol. The van der Waals surface area contributed by atoms with Crippen LogP contribution >= 0.6 is 11.6 Å². The molecule has 4 aromatic rings. The molecule has 31 heavy (non-hydrogen) atoms. The average Bonchev–Trinajstić information content (AvgIpc) is 3.20. The van der Waals surface area contributed by atoms with Gasteiger partial charge in [-0.15, -0.1) is 0 Å². The Hall–Kier alpha value is -3.65. The number of nitrogens with one attached hydrogen (secondary N) is 1. The number of fused-ring (bicyclic) bond motifs is 1. The summed E-state index contributed by atoms with van der Waals surface area (Å²) in [5, 5.41) is 7.63. The first-order valence-electron chi connectivity index (χ1n) is 9.65. The highest BCUT2D eigenvalue weighted by Gasteiger charge is 2.17. The van der Waals surface area contributed by atoms with Gasteiger partial charge in [0.2, 0.25) is 5.95 Å². The van der Waals surface area contributed by atoms with E-state index in [-0.39, 0.29) is 5.56 Å². The van der Waals surface area contributed by atoms with E-state index in [0.717, 1.165) is 16.8 Å². The molecule has 8 nitrogen and oxygen atoms in total. The van der Waals surface area contributed by atoms with E-state index in [4.69, 9.17) is 16.4 Å². The Morgan fingerprint density at radius 2 is 2.00 bits per heavy atom. The Kier molecular flexibility index (Phi) is 5.99. The monoisotopic (exact) mass is 436 g/mol. The number of halogens is 1. The maximum absolute atomic E-state index is 12.9. The molecule has 0 bridgehead atoms. The predicted octanol–water partition coefficient (Wildman–Crippen LogP) is 3.98. The molecule has 2 aromatic carbocycles. The Balaban J connectivity index is 1.86. The van der Waals surface area contributed by atoms with E-state index in [1.807, 2.05) is 60.0 Å². The zero-order valence-corrected chi connectivity index (χ0v) is 17.9. The number of rotatable bonds is 7. The highest BCUT2D eigenvalue weighted by Crippen LogP contribution is 2.26. The Bertz CT molecular complexity index is 1300. The van der Waals surface area contributed by atoms with Crippen LogP contribution < -0.4 is 10.9 Å². The van der Waals surface area contributed by atoms with Gasteiger partial charge in [-0.1, -0.05) is 53.2 Å². The first-order valence-corrected chi connectivity index (χ1v) is 10.0. The molecule has 0 saturated carbocycles. The number of imidazole rings is 1. The van der Waals surface area contributed by atoms with E-state index in [2.05, 4.69) is 20.4 Å². The molecule has 0 saturated heterocycles. The van der Waals surface area contributed by atoms with Gasteiger partial charge in [0.1, 0.15) is 7.11 Å². The summed E-state index contributed by atoms with van der Waals surface area (Å²) in [6.07, 6.45) is 3.16. The molecule has 0 aliphatic carbocycles. The molecule has 0 amide bonds. The molecule has 0 unspecified atom stereocenters. The number of hydrogen-bond acceptors (Lipinski definition) is 6. The van der Waals surface area contributed by atoms with E-state index in [1.54, 1.807) is 17.1 Å². The summed E-state index contributed by atoms with van der Waals surface area (Å²) in [6, 6.07) is 15.5. The molecule has 0 aliphatic rings. The van der Waals surface area contributed by atoms with Crippen LogP contribution in [0.2, 0.25) is 5.02 Å².